The predicted molar refractivity (Wildman–Crippen MR) is 170 cm³/mol. The number of carbonyl (C=O) groups excluding carboxylic acids is 2. The first-order chi connectivity index (χ1) is 22.2. The summed E-state index contributed by atoms with van der Waals surface area (Å²) in [4.78, 5) is 57.7. The summed E-state index contributed by atoms with van der Waals surface area (Å²) in [5.74, 6) is -0.217. The SMILES string of the molecule is COCC(COC)n1c(=O)c(-c2cccc(F)c2Cl)cn(CC(=O)N2CCC(N3CCc4cc(OC)ccc4CC3=O)CC2)c1=O. The molecule has 5 rings (SSSR count). The molecule has 0 saturated carbocycles. The molecule has 1 fully saturated rings. The zero-order valence-corrected chi connectivity index (χ0v) is 26.9. The summed E-state index contributed by atoms with van der Waals surface area (Å²) in [6, 6.07) is 9.05. The molecule has 0 atom stereocenters. The smallest absolute Gasteiger partial charge is 0.331 e. The minimum absolute atomic E-state index is 0.0112. The maximum atomic E-state index is 14.4. The van der Waals surface area contributed by atoms with E-state index in [2.05, 4.69) is 0 Å². The number of methoxy groups -OCH3 is 3. The molecule has 2 aliphatic heterocycles. The minimum Gasteiger partial charge on any atom is -0.497 e. The number of nitrogens with zero attached hydrogens (tertiary/aromatic N) is 4. The molecular weight excluding hydrogens is 619 g/mol. The number of aromatic nitrogens is 2. The van der Waals surface area contributed by atoms with Gasteiger partial charge in [-0.3, -0.25) is 23.5 Å². The van der Waals surface area contributed by atoms with Crippen molar-refractivity contribution >= 4 is 23.4 Å². The fourth-order valence-corrected chi connectivity index (χ4v) is 6.59. The lowest BCUT2D eigenvalue weighted by atomic mass is 10.0. The molecule has 0 N–H and O–H groups in total. The number of carbonyl (C=O) groups is 2. The topological polar surface area (TPSA) is 112 Å². The number of hydrogen-bond acceptors (Lipinski definition) is 7. The van der Waals surface area contributed by atoms with Crippen LogP contribution >= 0.6 is 11.6 Å². The van der Waals surface area contributed by atoms with Crippen molar-refractivity contribution in [2.45, 2.75) is 44.3 Å². The van der Waals surface area contributed by atoms with Crippen LogP contribution in [0.3, 0.4) is 0 Å². The summed E-state index contributed by atoms with van der Waals surface area (Å²) in [7, 11) is 4.49. The van der Waals surface area contributed by atoms with Crippen LogP contribution in [-0.2, 0) is 38.4 Å². The van der Waals surface area contributed by atoms with Crippen LogP contribution in [0.4, 0.5) is 4.39 Å². The average molecular weight is 657 g/mol. The van der Waals surface area contributed by atoms with Crippen molar-refractivity contribution in [3.63, 3.8) is 0 Å². The van der Waals surface area contributed by atoms with Crippen molar-refractivity contribution in [2.24, 2.45) is 0 Å². The quantitative estimate of drug-likeness (QED) is 0.330. The Morgan fingerprint density at radius 2 is 1.70 bits per heavy atom. The van der Waals surface area contributed by atoms with Crippen molar-refractivity contribution in [3.8, 4) is 16.9 Å². The third-order valence-electron chi connectivity index (χ3n) is 8.77. The van der Waals surface area contributed by atoms with Crippen LogP contribution in [0.5, 0.6) is 5.75 Å². The zero-order chi connectivity index (χ0) is 33.0. The predicted octanol–water partition coefficient (Wildman–Crippen LogP) is 2.93. The van der Waals surface area contributed by atoms with Gasteiger partial charge in [-0.2, -0.15) is 0 Å². The lowest BCUT2D eigenvalue weighted by Crippen LogP contribution is -2.51. The molecule has 3 aromatic rings. The van der Waals surface area contributed by atoms with Crippen LogP contribution in [0.1, 0.15) is 30.0 Å². The number of likely N-dealkylation sites (tertiary alicyclic amines) is 1. The van der Waals surface area contributed by atoms with E-state index in [1.165, 1.54) is 38.6 Å². The number of ether oxygens (including phenoxy) is 3. The van der Waals surface area contributed by atoms with Crippen molar-refractivity contribution < 1.29 is 28.2 Å². The highest BCUT2D eigenvalue weighted by molar-refractivity contribution is 6.33. The van der Waals surface area contributed by atoms with Gasteiger partial charge in [0.25, 0.3) is 5.56 Å². The summed E-state index contributed by atoms with van der Waals surface area (Å²) < 4.78 is 32.4. The van der Waals surface area contributed by atoms with Crippen molar-refractivity contribution in [3.05, 3.63) is 85.4 Å². The summed E-state index contributed by atoms with van der Waals surface area (Å²) in [6.45, 7) is 1.01. The van der Waals surface area contributed by atoms with Crippen LogP contribution < -0.4 is 16.0 Å². The second-order valence-corrected chi connectivity index (χ2v) is 11.9. The van der Waals surface area contributed by atoms with Gasteiger partial charge in [-0.25, -0.2) is 9.18 Å². The van der Waals surface area contributed by atoms with E-state index in [-0.39, 0.29) is 53.8 Å². The normalized spacial score (nSPS) is 15.7. The molecule has 0 bridgehead atoms. The third-order valence-corrected chi connectivity index (χ3v) is 9.16. The van der Waals surface area contributed by atoms with E-state index >= 15 is 0 Å². The molecule has 0 unspecified atom stereocenters. The summed E-state index contributed by atoms with van der Waals surface area (Å²) in [5.41, 5.74) is 0.736. The van der Waals surface area contributed by atoms with Gasteiger partial charge in [-0.05, 0) is 48.6 Å². The molecule has 11 nitrogen and oxygen atoms in total. The molecule has 0 spiro atoms. The molecule has 0 radical (unpaired) electrons. The fourth-order valence-electron chi connectivity index (χ4n) is 6.36. The van der Waals surface area contributed by atoms with E-state index in [0.717, 1.165) is 32.4 Å². The standard InChI is InChI=1S/C33H38ClFN4O7/c1-44-19-24(20-45-2)39-32(42)27(26-5-4-6-28(35)31(26)34)17-37(33(39)43)18-30(41)36-12-10-23(11-13-36)38-14-9-22-15-25(46-3)8-7-21(22)16-29(38)40/h4-8,15,17,23-24H,9-14,16,18-20H2,1-3H3. The largest absolute Gasteiger partial charge is 0.497 e. The van der Waals surface area contributed by atoms with Gasteiger partial charge >= 0.3 is 5.69 Å². The highest BCUT2D eigenvalue weighted by Gasteiger charge is 2.32. The Balaban J connectivity index is 1.35. The van der Waals surface area contributed by atoms with Crippen LogP contribution in [0, 0.1) is 5.82 Å². The second kappa shape index (κ2) is 14.6. The van der Waals surface area contributed by atoms with Gasteiger partial charge in [0.15, 0.2) is 0 Å². The Hall–Kier alpha value is -4.00. The molecule has 13 heteroatoms. The number of amides is 2. The zero-order valence-electron chi connectivity index (χ0n) is 26.2. The van der Waals surface area contributed by atoms with Crippen LogP contribution in [-0.4, -0.2) is 91.0 Å². The molecule has 2 aromatic carbocycles. The first-order valence-corrected chi connectivity index (χ1v) is 15.6. The number of halogens is 2. The highest BCUT2D eigenvalue weighted by atomic mass is 35.5. The molecule has 2 aliphatic rings. The van der Waals surface area contributed by atoms with Gasteiger partial charge in [0.2, 0.25) is 11.8 Å². The van der Waals surface area contributed by atoms with Crippen LogP contribution in [0.2, 0.25) is 5.02 Å². The van der Waals surface area contributed by atoms with Gasteiger partial charge in [0.1, 0.15) is 18.1 Å². The van der Waals surface area contributed by atoms with Crippen LogP contribution in [0.15, 0.2) is 52.2 Å². The Kier molecular flexibility index (Phi) is 10.6. The molecule has 1 aromatic heterocycles. The Morgan fingerprint density at radius 3 is 2.37 bits per heavy atom. The Labute approximate surface area is 271 Å². The molecule has 3 heterocycles. The monoisotopic (exact) mass is 656 g/mol. The average Bonchev–Trinajstić information content (AvgIpc) is 3.21. The van der Waals surface area contributed by atoms with E-state index in [4.69, 9.17) is 25.8 Å². The summed E-state index contributed by atoms with van der Waals surface area (Å²) >= 11 is 6.24. The number of benzene rings is 2. The Morgan fingerprint density at radius 1 is 0.978 bits per heavy atom. The lowest BCUT2D eigenvalue weighted by Gasteiger charge is -2.38. The van der Waals surface area contributed by atoms with E-state index in [1.807, 2.05) is 23.1 Å². The van der Waals surface area contributed by atoms with Crippen molar-refractivity contribution in [2.75, 3.05) is 54.2 Å². The molecule has 2 amide bonds. The first-order valence-electron chi connectivity index (χ1n) is 15.2. The van der Waals surface area contributed by atoms with Crippen molar-refractivity contribution in [1.29, 1.82) is 0 Å². The summed E-state index contributed by atoms with van der Waals surface area (Å²) in [6.07, 6.45) is 3.49. The van der Waals surface area contributed by atoms with Gasteiger partial charge in [-0.1, -0.05) is 29.8 Å². The lowest BCUT2D eigenvalue weighted by molar-refractivity contribution is -0.136. The van der Waals surface area contributed by atoms with E-state index < -0.39 is 23.1 Å². The Bertz CT molecular complexity index is 1710. The highest BCUT2D eigenvalue weighted by Crippen LogP contribution is 2.28. The van der Waals surface area contributed by atoms with E-state index in [1.54, 1.807) is 12.0 Å². The van der Waals surface area contributed by atoms with E-state index in [0.29, 0.717) is 38.9 Å². The van der Waals surface area contributed by atoms with E-state index in [9.17, 15) is 23.6 Å². The number of piperidine rings is 1. The first kappa shape index (κ1) is 33.4. The number of fused-ring (bicyclic) bond motifs is 1. The number of hydrogen-bond donors (Lipinski definition) is 0. The van der Waals surface area contributed by atoms with Crippen LogP contribution in [0.25, 0.3) is 11.1 Å². The van der Waals surface area contributed by atoms with Crippen molar-refractivity contribution in [1.82, 2.24) is 18.9 Å². The minimum atomic E-state index is -0.808. The fraction of sp³-hybridized carbons (Fsp3) is 0.455. The van der Waals surface area contributed by atoms with Gasteiger partial charge in [0.05, 0.1) is 43.4 Å². The maximum absolute atomic E-state index is 14.4. The third kappa shape index (κ3) is 6.89. The second-order valence-electron chi connectivity index (χ2n) is 11.6. The van der Waals surface area contributed by atoms with Gasteiger partial charge < -0.3 is 24.0 Å². The summed E-state index contributed by atoms with van der Waals surface area (Å²) in [5, 5.41) is -0.273. The van der Waals surface area contributed by atoms with Gasteiger partial charge in [-0.15, -0.1) is 0 Å². The molecule has 246 valence electrons. The molecule has 0 aliphatic carbocycles. The number of rotatable bonds is 10. The molecule has 1 saturated heterocycles. The molecule has 46 heavy (non-hydrogen) atoms. The van der Waals surface area contributed by atoms with Gasteiger partial charge in [0, 0.05) is 51.7 Å². The molecular formula is C33H38ClFN4O7. The maximum Gasteiger partial charge on any atom is 0.331 e.